The zero-order valence-electron chi connectivity index (χ0n) is 15.1. The van der Waals surface area contributed by atoms with Crippen LogP contribution in [-0.2, 0) is 19.3 Å². The summed E-state index contributed by atoms with van der Waals surface area (Å²) in [5.41, 5.74) is -0.711. The van der Waals surface area contributed by atoms with E-state index < -0.39 is 40.7 Å². The molecule has 0 radical (unpaired) electrons. The van der Waals surface area contributed by atoms with Gasteiger partial charge in [-0.2, -0.15) is 13.2 Å². The fourth-order valence-corrected chi connectivity index (χ4v) is 2.57. The number of Topliss-reactive ketones (excluding diaryl/α,β-unsaturated/α-hetero) is 1. The molecule has 150 valence electrons. The number of carbonyl (C=O) groups excluding carboxylic acids is 1. The molecule has 0 unspecified atom stereocenters. The van der Waals surface area contributed by atoms with Crippen LogP contribution in [0.4, 0.5) is 18.0 Å². The van der Waals surface area contributed by atoms with Crippen molar-refractivity contribution in [3.8, 4) is 11.5 Å². The van der Waals surface area contributed by atoms with Crippen molar-refractivity contribution < 1.29 is 37.7 Å². The van der Waals surface area contributed by atoms with Gasteiger partial charge in [-0.25, -0.2) is 4.79 Å². The summed E-state index contributed by atoms with van der Waals surface area (Å²) in [6.45, 7) is 0.910. The summed E-state index contributed by atoms with van der Waals surface area (Å²) in [7, 11) is 1.39. The lowest BCUT2D eigenvalue weighted by Gasteiger charge is -2.17. The van der Waals surface area contributed by atoms with Crippen LogP contribution in [0, 0.1) is 0 Å². The number of alkyl halides is 3. The molecule has 2 N–H and O–H groups in total. The number of amides is 1. The highest BCUT2D eigenvalue weighted by Crippen LogP contribution is 2.44. The van der Waals surface area contributed by atoms with Crippen LogP contribution in [0.3, 0.4) is 0 Å². The van der Waals surface area contributed by atoms with Crippen LogP contribution in [0.1, 0.15) is 34.0 Å². The Bertz CT molecular complexity index is 896. The van der Waals surface area contributed by atoms with E-state index in [2.05, 4.69) is 0 Å². The molecule has 0 heterocycles. The molecule has 6 nitrogen and oxygen atoms in total. The number of phenolic OH excluding ortho intramolecular Hbond substituents is 1. The summed E-state index contributed by atoms with van der Waals surface area (Å²) in [6, 6.07) is 8.59. The average molecular weight is 397 g/mol. The van der Waals surface area contributed by atoms with Gasteiger partial charge in [-0.05, 0) is 30.2 Å². The molecule has 0 fully saturated rings. The van der Waals surface area contributed by atoms with E-state index in [9.17, 15) is 27.9 Å². The van der Waals surface area contributed by atoms with Crippen molar-refractivity contribution in [2.24, 2.45) is 0 Å². The van der Waals surface area contributed by atoms with Crippen LogP contribution < -0.4 is 4.74 Å². The first-order valence-electron chi connectivity index (χ1n) is 8.09. The first-order valence-corrected chi connectivity index (χ1v) is 8.09. The summed E-state index contributed by atoms with van der Waals surface area (Å²) < 4.78 is 45.3. The van der Waals surface area contributed by atoms with Gasteiger partial charge in [0.15, 0.2) is 5.78 Å². The molecule has 28 heavy (non-hydrogen) atoms. The van der Waals surface area contributed by atoms with Gasteiger partial charge in [0.1, 0.15) is 23.7 Å². The van der Waals surface area contributed by atoms with Gasteiger partial charge < -0.3 is 19.8 Å². The molecule has 2 aromatic rings. The molecule has 0 saturated carbocycles. The number of aromatic hydroxyl groups is 1. The monoisotopic (exact) mass is 397 g/mol. The summed E-state index contributed by atoms with van der Waals surface area (Å²) in [6.07, 6.45) is -6.03. The number of hydrogen-bond donors (Lipinski definition) is 2. The van der Waals surface area contributed by atoms with E-state index in [1.54, 1.807) is 24.3 Å². The average Bonchev–Trinajstić information content (AvgIpc) is 2.58. The lowest BCUT2D eigenvalue weighted by atomic mass is 10.0. The molecule has 2 rings (SSSR count). The van der Waals surface area contributed by atoms with E-state index in [0.29, 0.717) is 11.1 Å². The number of hydrogen-bond acceptors (Lipinski definition) is 4. The third kappa shape index (κ3) is 4.93. The van der Waals surface area contributed by atoms with Crippen molar-refractivity contribution in [3.63, 3.8) is 0 Å². The number of ether oxygens (including phenoxy) is 1. The van der Waals surface area contributed by atoms with E-state index in [-0.39, 0.29) is 13.2 Å². The third-order valence-electron chi connectivity index (χ3n) is 3.93. The number of nitrogens with zero attached hydrogens (tertiary/aromatic N) is 1. The Morgan fingerprint density at radius 3 is 2.36 bits per heavy atom. The molecule has 0 spiro atoms. The minimum Gasteiger partial charge on any atom is -0.506 e. The zero-order chi connectivity index (χ0) is 21.1. The Labute approximate surface area is 158 Å². The van der Waals surface area contributed by atoms with Gasteiger partial charge in [-0.3, -0.25) is 4.79 Å². The Balaban J connectivity index is 2.26. The first-order chi connectivity index (χ1) is 13.0. The van der Waals surface area contributed by atoms with Crippen LogP contribution in [-0.4, -0.2) is 34.0 Å². The fourth-order valence-electron chi connectivity index (χ4n) is 2.57. The van der Waals surface area contributed by atoms with E-state index in [0.717, 1.165) is 24.0 Å². The van der Waals surface area contributed by atoms with E-state index in [1.807, 2.05) is 0 Å². The largest absolute Gasteiger partial charge is 0.506 e. The molecule has 0 aliphatic heterocycles. The molecule has 0 saturated heterocycles. The topological polar surface area (TPSA) is 87.1 Å². The Morgan fingerprint density at radius 1 is 1.14 bits per heavy atom. The number of carboxylic acid groups (broad SMARTS) is 1. The Kier molecular flexibility index (Phi) is 6.17. The van der Waals surface area contributed by atoms with Gasteiger partial charge in [0.2, 0.25) is 0 Å². The van der Waals surface area contributed by atoms with Crippen molar-refractivity contribution >= 4 is 11.9 Å². The summed E-state index contributed by atoms with van der Waals surface area (Å²) >= 11 is 0. The maximum Gasteiger partial charge on any atom is 0.423 e. The van der Waals surface area contributed by atoms with Crippen LogP contribution >= 0.6 is 0 Å². The minimum atomic E-state index is -4.92. The normalized spacial score (nSPS) is 11.2. The molecular formula is C19H18F3NO5. The smallest absolute Gasteiger partial charge is 0.423 e. The second-order valence-corrected chi connectivity index (χ2v) is 6.14. The first kappa shape index (κ1) is 21.1. The van der Waals surface area contributed by atoms with E-state index in [4.69, 9.17) is 9.84 Å². The van der Waals surface area contributed by atoms with Crippen molar-refractivity contribution in [1.29, 1.82) is 0 Å². The highest BCUT2D eigenvalue weighted by molar-refractivity contribution is 5.97. The molecule has 2 aromatic carbocycles. The molecule has 1 amide bonds. The van der Waals surface area contributed by atoms with Crippen molar-refractivity contribution in [3.05, 3.63) is 58.7 Å². The van der Waals surface area contributed by atoms with Crippen LogP contribution in [0.15, 0.2) is 36.4 Å². The summed E-state index contributed by atoms with van der Waals surface area (Å²) in [5.74, 6) is -2.48. The molecule has 9 heteroatoms. The fraction of sp³-hybridized carbons (Fsp3) is 0.263. The molecule has 0 aliphatic rings. The number of rotatable bonds is 6. The van der Waals surface area contributed by atoms with Crippen LogP contribution in [0.25, 0.3) is 0 Å². The third-order valence-corrected chi connectivity index (χ3v) is 3.93. The second-order valence-electron chi connectivity index (χ2n) is 6.14. The number of benzene rings is 2. The Morgan fingerprint density at radius 2 is 1.79 bits per heavy atom. The number of halogens is 3. The predicted molar refractivity (Wildman–Crippen MR) is 93.4 cm³/mol. The SMILES string of the molecule is CC(=O)c1ccc(OCc2cccc(CN(C)C(=O)O)c2)c(C(F)(F)F)c1O. The molecule has 0 atom stereocenters. The maximum atomic E-state index is 13.3. The molecule has 0 aromatic heterocycles. The van der Waals surface area contributed by atoms with Gasteiger partial charge in [0.05, 0.1) is 5.56 Å². The molecule has 0 aliphatic carbocycles. The van der Waals surface area contributed by atoms with Crippen LogP contribution in [0.5, 0.6) is 11.5 Å². The standard InChI is InChI=1S/C19H18F3NO5/c1-11(24)14-6-7-15(16(17(14)25)19(20,21)22)28-10-13-5-3-4-12(8-13)9-23(2)18(26)27/h3-8,25H,9-10H2,1-2H3,(H,26,27). The van der Waals surface area contributed by atoms with Gasteiger partial charge in [0, 0.05) is 13.6 Å². The number of carbonyl (C=O) groups is 2. The quantitative estimate of drug-likeness (QED) is 0.710. The highest BCUT2D eigenvalue weighted by atomic mass is 19.4. The van der Waals surface area contributed by atoms with Crippen molar-refractivity contribution in [2.75, 3.05) is 7.05 Å². The van der Waals surface area contributed by atoms with Crippen molar-refractivity contribution in [1.82, 2.24) is 4.90 Å². The molecule has 0 bridgehead atoms. The predicted octanol–water partition coefficient (Wildman–Crippen LogP) is 4.30. The number of ketones is 1. The zero-order valence-corrected chi connectivity index (χ0v) is 15.1. The van der Waals surface area contributed by atoms with E-state index in [1.165, 1.54) is 7.05 Å². The summed E-state index contributed by atoms with van der Waals surface area (Å²) in [5, 5.41) is 18.8. The maximum absolute atomic E-state index is 13.3. The minimum absolute atomic E-state index is 0.102. The Hall–Kier alpha value is -3.23. The second kappa shape index (κ2) is 8.20. The summed E-state index contributed by atoms with van der Waals surface area (Å²) in [4.78, 5) is 23.3. The van der Waals surface area contributed by atoms with Crippen LogP contribution in [0.2, 0.25) is 0 Å². The lowest BCUT2D eigenvalue weighted by Crippen LogP contribution is -2.23. The van der Waals surface area contributed by atoms with E-state index >= 15 is 0 Å². The number of phenols is 1. The van der Waals surface area contributed by atoms with Gasteiger partial charge in [-0.15, -0.1) is 0 Å². The van der Waals surface area contributed by atoms with Gasteiger partial charge >= 0.3 is 12.3 Å². The van der Waals surface area contributed by atoms with Gasteiger partial charge in [-0.1, -0.05) is 24.3 Å². The van der Waals surface area contributed by atoms with Gasteiger partial charge in [0.25, 0.3) is 0 Å². The highest BCUT2D eigenvalue weighted by Gasteiger charge is 2.39. The molecular weight excluding hydrogens is 379 g/mol. The van der Waals surface area contributed by atoms with Crippen molar-refractivity contribution in [2.45, 2.75) is 26.3 Å². The lowest BCUT2D eigenvalue weighted by molar-refractivity contribution is -0.140.